The van der Waals surface area contributed by atoms with Gasteiger partial charge in [-0.2, -0.15) is 5.26 Å². The van der Waals surface area contributed by atoms with Gasteiger partial charge < -0.3 is 11.1 Å². The maximum absolute atomic E-state index is 8.84. The Bertz CT molecular complexity index is 643. The smallest absolute Gasteiger partial charge is 0.188 e. The fourth-order valence-corrected chi connectivity index (χ4v) is 1.84. The maximum atomic E-state index is 8.84. The van der Waals surface area contributed by atoms with Crippen molar-refractivity contribution in [2.75, 3.05) is 6.54 Å². The van der Waals surface area contributed by atoms with E-state index >= 15 is 0 Å². The molecule has 1 aromatic heterocycles. The van der Waals surface area contributed by atoms with Crippen LogP contribution in [0, 0.1) is 11.3 Å². The van der Waals surface area contributed by atoms with Crippen LogP contribution in [0.2, 0.25) is 0 Å². The van der Waals surface area contributed by atoms with Crippen LogP contribution in [-0.2, 0) is 13.0 Å². The third-order valence-electron chi connectivity index (χ3n) is 2.90. The van der Waals surface area contributed by atoms with Crippen molar-refractivity contribution in [2.45, 2.75) is 13.0 Å². The maximum Gasteiger partial charge on any atom is 0.188 e. The molecule has 0 fully saturated rings. The van der Waals surface area contributed by atoms with Gasteiger partial charge in [0, 0.05) is 24.9 Å². The predicted molar refractivity (Wildman–Crippen MR) is 82.4 cm³/mol. The van der Waals surface area contributed by atoms with Gasteiger partial charge in [0.15, 0.2) is 5.96 Å². The minimum Gasteiger partial charge on any atom is -0.370 e. The van der Waals surface area contributed by atoms with Crippen molar-refractivity contribution in [3.05, 3.63) is 65.5 Å². The van der Waals surface area contributed by atoms with Crippen LogP contribution >= 0.6 is 0 Å². The molecule has 0 aliphatic carbocycles. The average molecular weight is 279 g/mol. The van der Waals surface area contributed by atoms with E-state index in [1.54, 1.807) is 12.3 Å². The van der Waals surface area contributed by atoms with Gasteiger partial charge in [0.05, 0.1) is 18.2 Å². The van der Waals surface area contributed by atoms with Crippen LogP contribution in [0.25, 0.3) is 0 Å². The first-order chi connectivity index (χ1) is 10.3. The van der Waals surface area contributed by atoms with Crippen molar-refractivity contribution in [3.63, 3.8) is 0 Å². The molecular formula is C16H17N5. The molecule has 0 saturated heterocycles. The largest absolute Gasteiger partial charge is 0.370 e. The number of aliphatic imine (C=N–C) groups is 1. The zero-order valence-corrected chi connectivity index (χ0v) is 11.7. The van der Waals surface area contributed by atoms with E-state index in [1.807, 2.05) is 36.4 Å². The lowest BCUT2D eigenvalue weighted by molar-refractivity contribution is 0.827. The molecule has 1 heterocycles. The minimum absolute atomic E-state index is 0.397. The van der Waals surface area contributed by atoms with E-state index in [4.69, 9.17) is 11.0 Å². The molecule has 5 heteroatoms. The molecule has 5 nitrogen and oxygen atoms in total. The highest BCUT2D eigenvalue weighted by atomic mass is 15.1. The molecule has 0 spiro atoms. The highest BCUT2D eigenvalue weighted by Crippen LogP contribution is 2.05. The molecule has 0 amide bonds. The van der Waals surface area contributed by atoms with Gasteiger partial charge in [-0.15, -0.1) is 0 Å². The third kappa shape index (κ3) is 4.96. The van der Waals surface area contributed by atoms with Crippen molar-refractivity contribution in [3.8, 4) is 6.07 Å². The Morgan fingerprint density at radius 1 is 1.29 bits per heavy atom. The number of nitriles is 1. The second-order valence-corrected chi connectivity index (χ2v) is 4.51. The molecule has 3 N–H and O–H groups in total. The molecule has 106 valence electrons. The van der Waals surface area contributed by atoms with Crippen LogP contribution in [-0.4, -0.2) is 17.5 Å². The Morgan fingerprint density at radius 2 is 2.19 bits per heavy atom. The lowest BCUT2D eigenvalue weighted by Gasteiger charge is -2.05. The van der Waals surface area contributed by atoms with Crippen molar-refractivity contribution < 1.29 is 0 Å². The van der Waals surface area contributed by atoms with Gasteiger partial charge in [-0.25, -0.2) is 4.99 Å². The van der Waals surface area contributed by atoms with Gasteiger partial charge in [-0.3, -0.25) is 4.98 Å². The lowest BCUT2D eigenvalue weighted by atomic mass is 10.1. The molecule has 2 rings (SSSR count). The molecule has 0 saturated carbocycles. The van der Waals surface area contributed by atoms with Crippen molar-refractivity contribution in [1.29, 1.82) is 5.26 Å². The fourth-order valence-electron chi connectivity index (χ4n) is 1.84. The van der Waals surface area contributed by atoms with Crippen LogP contribution in [0.1, 0.15) is 16.8 Å². The number of nitrogens with two attached hydrogens (primary N) is 1. The van der Waals surface area contributed by atoms with Gasteiger partial charge >= 0.3 is 0 Å². The van der Waals surface area contributed by atoms with Crippen LogP contribution in [0.5, 0.6) is 0 Å². The van der Waals surface area contributed by atoms with E-state index in [2.05, 4.69) is 21.4 Å². The van der Waals surface area contributed by atoms with E-state index in [9.17, 15) is 0 Å². The molecule has 21 heavy (non-hydrogen) atoms. The summed E-state index contributed by atoms with van der Waals surface area (Å²) >= 11 is 0. The standard InChI is InChI=1S/C16H17N5/c17-11-13-4-3-5-14(10-13)12-21-16(18)20-9-7-15-6-1-2-8-19-15/h1-6,8,10H,7,9,12H2,(H3,18,20,21). The molecule has 0 bridgehead atoms. The predicted octanol–water partition coefficient (Wildman–Crippen LogP) is 1.60. The number of hydrogen-bond donors (Lipinski definition) is 2. The number of nitrogens with zero attached hydrogens (tertiary/aromatic N) is 3. The summed E-state index contributed by atoms with van der Waals surface area (Å²) in [7, 11) is 0. The molecule has 0 aliphatic heterocycles. The Morgan fingerprint density at radius 3 is 2.95 bits per heavy atom. The lowest BCUT2D eigenvalue weighted by Crippen LogP contribution is -2.33. The Hall–Kier alpha value is -2.87. The zero-order chi connectivity index (χ0) is 14.9. The first-order valence-electron chi connectivity index (χ1n) is 6.70. The quantitative estimate of drug-likeness (QED) is 0.643. The molecule has 2 aromatic rings. The van der Waals surface area contributed by atoms with Gasteiger partial charge in [-0.05, 0) is 29.8 Å². The average Bonchev–Trinajstić information content (AvgIpc) is 2.54. The van der Waals surface area contributed by atoms with Crippen molar-refractivity contribution >= 4 is 5.96 Å². The summed E-state index contributed by atoms with van der Waals surface area (Å²) in [6.07, 6.45) is 2.57. The summed E-state index contributed by atoms with van der Waals surface area (Å²) in [6, 6.07) is 15.3. The number of benzene rings is 1. The summed E-state index contributed by atoms with van der Waals surface area (Å²) < 4.78 is 0. The SMILES string of the molecule is N#Cc1cccc(CN=C(N)NCCc2ccccn2)c1. The molecular weight excluding hydrogens is 262 g/mol. The van der Waals surface area contributed by atoms with Gasteiger partial charge in [0.2, 0.25) is 0 Å². The third-order valence-corrected chi connectivity index (χ3v) is 2.90. The summed E-state index contributed by atoms with van der Waals surface area (Å²) in [5.74, 6) is 0.397. The normalized spacial score (nSPS) is 10.9. The zero-order valence-electron chi connectivity index (χ0n) is 11.7. The van der Waals surface area contributed by atoms with Crippen molar-refractivity contribution in [1.82, 2.24) is 10.3 Å². The number of pyridine rings is 1. The summed E-state index contributed by atoms with van der Waals surface area (Å²) in [5, 5.41) is 11.9. The monoisotopic (exact) mass is 279 g/mol. The number of nitrogens with one attached hydrogen (secondary N) is 1. The number of rotatable bonds is 5. The minimum atomic E-state index is 0.397. The number of hydrogen-bond acceptors (Lipinski definition) is 3. The molecule has 1 aromatic carbocycles. The van der Waals surface area contributed by atoms with Crippen LogP contribution in [0.4, 0.5) is 0 Å². The van der Waals surface area contributed by atoms with E-state index in [0.717, 1.165) is 17.7 Å². The number of aromatic nitrogens is 1. The van der Waals surface area contributed by atoms with Gasteiger partial charge in [0.1, 0.15) is 0 Å². The van der Waals surface area contributed by atoms with Gasteiger partial charge in [0.25, 0.3) is 0 Å². The van der Waals surface area contributed by atoms with Crippen LogP contribution in [0.3, 0.4) is 0 Å². The first kappa shape index (κ1) is 14.5. The van der Waals surface area contributed by atoms with Crippen molar-refractivity contribution in [2.24, 2.45) is 10.7 Å². The van der Waals surface area contributed by atoms with Gasteiger partial charge in [-0.1, -0.05) is 18.2 Å². The van der Waals surface area contributed by atoms with E-state index in [-0.39, 0.29) is 0 Å². The van der Waals surface area contributed by atoms with Crippen LogP contribution < -0.4 is 11.1 Å². The molecule has 0 radical (unpaired) electrons. The van der Waals surface area contributed by atoms with E-state index in [0.29, 0.717) is 24.6 Å². The second kappa shape index (κ2) is 7.65. The molecule has 0 atom stereocenters. The first-order valence-corrected chi connectivity index (χ1v) is 6.70. The van der Waals surface area contributed by atoms with E-state index in [1.165, 1.54) is 0 Å². The Labute approximate surface area is 124 Å². The highest BCUT2D eigenvalue weighted by molar-refractivity contribution is 5.77. The molecule has 0 unspecified atom stereocenters. The topological polar surface area (TPSA) is 87.1 Å². The fraction of sp³-hybridized carbons (Fsp3) is 0.188. The van der Waals surface area contributed by atoms with Crippen LogP contribution in [0.15, 0.2) is 53.7 Å². The van der Waals surface area contributed by atoms with E-state index < -0.39 is 0 Å². The summed E-state index contributed by atoms with van der Waals surface area (Å²) in [4.78, 5) is 8.49. The Kier molecular flexibility index (Phi) is 5.30. The number of guanidine groups is 1. The summed E-state index contributed by atoms with van der Waals surface area (Å²) in [6.45, 7) is 1.14. The Balaban J connectivity index is 1.80. The summed E-state index contributed by atoms with van der Waals surface area (Å²) in [5.41, 5.74) is 8.41. The second-order valence-electron chi connectivity index (χ2n) is 4.51. The molecule has 0 aliphatic rings. The highest BCUT2D eigenvalue weighted by Gasteiger charge is 1.97.